The summed E-state index contributed by atoms with van der Waals surface area (Å²) in [7, 11) is 1.69. The zero-order chi connectivity index (χ0) is 20.3. The molecule has 2 aliphatic heterocycles. The van der Waals surface area contributed by atoms with Gasteiger partial charge in [-0.2, -0.15) is 4.98 Å². The Bertz CT molecular complexity index is 1020. The van der Waals surface area contributed by atoms with Crippen LogP contribution in [0.15, 0.2) is 59.5 Å². The number of thioether (sulfide) groups is 1. The highest BCUT2D eigenvalue weighted by molar-refractivity contribution is 7.99. The zero-order valence-corrected chi connectivity index (χ0v) is 17.9. The van der Waals surface area contributed by atoms with E-state index in [1.807, 2.05) is 36.0 Å². The minimum Gasteiger partial charge on any atom is -0.497 e. The molecule has 0 aliphatic carbocycles. The predicted molar refractivity (Wildman–Crippen MR) is 124 cm³/mol. The number of fused-ring (bicyclic) bond motifs is 1. The summed E-state index contributed by atoms with van der Waals surface area (Å²) in [6.45, 7) is 3.77. The Labute approximate surface area is 181 Å². The summed E-state index contributed by atoms with van der Waals surface area (Å²) < 4.78 is 5.36. The number of anilines is 4. The molecule has 0 bridgehead atoms. The minimum atomic E-state index is 0.828. The fourth-order valence-corrected chi connectivity index (χ4v) is 4.97. The normalized spacial score (nSPS) is 15.8. The van der Waals surface area contributed by atoms with Crippen molar-refractivity contribution in [3.05, 3.63) is 60.3 Å². The van der Waals surface area contributed by atoms with E-state index in [1.54, 1.807) is 7.11 Å². The van der Waals surface area contributed by atoms with Gasteiger partial charge in [0.1, 0.15) is 11.6 Å². The Morgan fingerprint density at radius 2 is 1.73 bits per heavy atom. The van der Waals surface area contributed by atoms with Gasteiger partial charge < -0.3 is 19.9 Å². The van der Waals surface area contributed by atoms with Gasteiger partial charge >= 0.3 is 0 Å². The van der Waals surface area contributed by atoms with E-state index in [4.69, 9.17) is 14.7 Å². The molecular weight excluding hydrogens is 394 g/mol. The molecule has 0 radical (unpaired) electrons. The molecule has 5 rings (SSSR count). The molecule has 2 aromatic carbocycles. The van der Waals surface area contributed by atoms with E-state index in [-0.39, 0.29) is 0 Å². The third-order valence-corrected chi connectivity index (χ3v) is 6.65. The predicted octanol–water partition coefficient (Wildman–Crippen LogP) is 4.20. The lowest BCUT2D eigenvalue weighted by atomic mass is 10.2. The molecule has 3 heterocycles. The van der Waals surface area contributed by atoms with E-state index in [1.165, 1.54) is 10.6 Å². The van der Waals surface area contributed by atoms with Crippen molar-refractivity contribution in [1.29, 1.82) is 0 Å². The van der Waals surface area contributed by atoms with Gasteiger partial charge in [0.2, 0.25) is 5.95 Å². The Balaban J connectivity index is 1.37. The first-order valence-corrected chi connectivity index (χ1v) is 11.3. The highest BCUT2D eigenvalue weighted by Crippen LogP contribution is 2.38. The average molecular weight is 420 g/mol. The third-order valence-electron chi connectivity index (χ3n) is 5.53. The molecule has 2 aliphatic rings. The number of ether oxygens (including phenoxy) is 1. The van der Waals surface area contributed by atoms with E-state index in [0.29, 0.717) is 0 Å². The van der Waals surface area contributed by atoms with Gasteiger partial charge in [0.15, 0.2) is 0 Å². The highest BCUT2D eigenvalue weighted by atomic mass is 32.2. The topological polar surface area (TPSA) is 53.5 Å². The van der Waals surface area contributed by atoms with Crippen molar-refractivity contribution in [2.75, 3.05) is 54.2 Å². The molecule has 1 saturated heterocycles. The van der Waals surface area contributed by atoms with Gasteiger partial charge in [-0.1, -0.05) is 24.3 Å². The quantitative estimate of drug-likeness (QED) is 0.665. The van der Waals surface area contributed by atoms with Crippen LogP contribution in [0.3, 0.4) is 0 Å². The number of methoxy groups -OCH3 is 1. The van der Waals surface area contributed by atoms with E-state index in [2.05, 4.69) is 45.4 Å². The van der Waals surface area contributed by atoms with E-state index < -0.39 is 0 Å². The number of nitrogens with one attached hydrogen (secondary N) is 1. The summed E-state index contributed by atoms with van der Waals surface area (Å²) >= 11 is 1.83. The Morgan fingerprint density at radius 3 is 2.53 bits per heavy atom. The molecule has 30 heavy (non-hydrogen) atoms. The van der Waals surface area contributed by atoms with E-state index in [9.17, 15) is 0 Å². The Morgan fingerprint density at radius 1 is 0.933 bits per heavy atom. The van der Waals surface area contributed by atoms with Crippen LogP contribution in [0.2, 0.25) is 0 Å². The van der Waals surface area contributed by atoms with Gasteiger partial charge in [0, 0.05) is 55.8 Å². The van der Waals surface area contributed by atoms with Crippen molar-refractivity contribution in [2.24, 2.45) is 0 Å². The molecule has 0 spiro atoms. The summed E-state index contributed by atoms with van der Waals surface area (Å²) in [4.78, 5) is 15.8. The third kappa shape index (κ3) is 3.89. The van der Waals surface area contributed by atoms with Gasteiger partial charge in [-0.25, -0.2) is 4.98 Å². The Hall–Kier alpha value is -2.93. The van der Waals surface area contributed by atoms with Crippen LogP contribution in [-0.2, 0) is 6.42 Å². The molecule has 0 saturated carbocycles. The van der Waals surface area contributed by atoms with Crippen LogP contribution in [0.25, 0.3) is 0 Å². The van der Waals surface area contributed by atoms with E-state index in [0.717, 1.165) is 67.2 Å². The number of hydrogen-bond donors (Lipinski definition) is 1. The maximum atomic E-state index is 5.36. The second-order valence-electron chi connectivity index (χ2n) is 7.41. The van der Waals surface area contributed by atoms with Gasteiger partial charge in [-0.05, 0) is 24.3 Å². The molecule has 0 amide bonds. The first kappa shape index (κ1) is 19.1. The Kier molecular flexibility index (Phi) is 5.36. The van der Waals surface area contributed by atoms with Gasteiger partial charge in [0.25, 0.3) is 0 Å². The van der Waals surface area contributed by atoms with Crippen molar-refractivity contribution in [2.45, 2.75) is 11.3 Å². The SMILES string of the molecule is COc1cccc(Nc2nc(N3CCN(c4ccccc4)CC3)nc3c2SCC3)c1. The number of rotatable bonds is 5. The van der Waals surface area contributed by atoms with Gasteiger partial charge in [0.05, 0.1) is 17.7 Å². The van der Waals surface area contributed by atoms with Crippen molar-refractivity contribution >= 4 is 34.9 Å². The minimum absolute atomic E-state index is 0.828. The molecular formula is C23H25N5OS. The summed E-state index contributed by atoms with van der Waals surface area (Å²) in [5.74, 6) is 3.61. The number of piperazine rings is 1. The lowest BCUT2D eigenvalue weighted by Gasteiger charge is -2.36. The smallest absolute Gasteiger partial charge is 0.227 e. The number of para-hydroxylation sites is 1. The lowest BCUT2D eigenvalue weighted by Crippen LogP contribution is -2.47. The number of benzene rings is 2. The standard InChI is InChI=1S/C23H25N5OS/c1-29-19-9-5-6-17(16-19)24-22-21-20(10-15-30-21)25-23(26-22)28-13-11-27(12-14-28)18-7-3-2-4-8-18/h2-9,16H,10-15H2,1H3,(H,24,25,26). The largest absolute Gasteiger partial charge is 0.497 e. The zero-order valence-electron chi connectivity index (χ0n) is 17.0. The van der Waals surface area contributed by atoms with Gasteiger partial charge in [-0.15, -0.1) is 11.8 Å². The molecule has 154 valence electrons. The molecule has 1 fully saturated rings. The van der Waals surface area contributed by atoms with Crippen molar-refractivity contribution in [3.63, 3.8) is 0 Å². The fourth-order valence-electron chi connectivity index (χ4n) is 3.92. The second-order valence-corrected chi connectivity index (χ2v) is 8.52. The van der Waals surface area contributed by atoms with Crippen LogP contribution < -0.4 is 19.9 Å². The average Bonchev–Trinajstić information content (AvgIpc) is 3.29. The summed E-state index contributed by atoms with van der Waals surface area (Å²) in [5.41, 5.74) is 3.41. The van der Waals surface area contributed by atoms with Crippen LogP contribution in [0, 0.1) is 0 Å². The van der Waals surface area contributed by atoms with Crippen molar-refractivity contribution < 1.29 is 4.74 Å². The molecule has 3 aromatic rings. The molecule has 0 unspecified atom stereocenters. The molecule has 7 heteroatoms. The summed E-state index contributed by atoms with van der Waals surface area (Å²) in [6.07, 6.45) is 0.992. The van der Waals surface area contributed by atoms with Crippen molar-refractivity contribution in [3.8, 4) is 5.75 Å². The molecule has 6 nitrogen and oxygen atoms in total. The number of nitrogens with zero attached hydrogens (tertiary/aromatic N) is 4. The number of aryl methyl sites for hydroxylation is 1. The molecule has 1 aromatic heterocycles. The highest BCUT2D eigenvalue weighted by Gasteiger charge is 2.25. The van der Waals surface area contributed by atoms with Crippen molar-refractivity contribution in [1.82, 2.24) is 9.97 Å². The maximum Gasteiger partial charge on any atom is 0.227 e. The number of aromatic nitrogens is 2. The van der Waals surface area contributed by atoms with Crippen LogP contribution in [0.5, 0.6) is 5.75 Å². The van der Waals surface area contributed by atoms with Gasteiger partial charge in [-0.3, -0.25) is 0 Å². The lowest BCUT2D eigenvalue weighted by molar-refractivity contribution is 0.415. The first-order chi connectivity index (χ1) is 14.8. The van der Waals surface area contributed by atoms with Crippen LogP contribution in [0.4, 0.5) is 23.1 Å². The number of hydrogen-bond acceptors (Lipinski definition) is 7. The fraction of sp³-hybridized carbons (Fsp3) is 0.304. The summed E-state index contributed by atoms with van der Waals surface area (Å²) in [5, 5.41) is 3.50. The monoisotopic (exact) mass is 419 g/mol. The first-order valence-electron chi connectivity index (χ1n) is 10.3. The van der Waals surface area contributed by atoms with Crippen LogP contribution in [0.1, 0.15) is 5.69 Å². The van der Waals surface area contributed by atoms with Crippen LogP contribution in [-0.4, -0.2) is 49.0 Å². The maximum absolute atomic E-state index is 5.36. The second kappa shape index (κ2) is 8.44. The van der Waals surface area contributed by atoms with Crippen LogP contribution >= 0.6 is 11.8 Å². The summed E-state index contributed by atoms with van der Waals surface area (Å²) in [6, 6.07) is 18.6. The molecule has 0 atom stereocenters. The molecule has 1 N–H and O–H groups in total. The van der Waals surface area contributed by atoms with E-state index >= 15 is 0 Å².